The largest absolute Gasteiger partial charge is 0.480 e. The Bertz CT molecular complexity index is 161. The molecular formula is C7H15N3O2. The lowest BCUT2D eigenvalue weighted by molar-refractivity contribution is -0.138. The highest BCUT2D eigenvalue weighted by molar-refractivity contribution is 5.84. The molecule has 0 saturated heterocycles. The Labute approximate surface area is 71.2 Å². The van der Waals surface area contributed by atoms with Gasteiger partial charge < -0.3 is 22.0 Å². The minimum atomic E-state index is -1.02. The van der Waals surface area contributed by atoms with Crippen LogP contribution in [0.25, 0.3) is 0 Å². The quantitative estimate of drug-likeness (QED) is 0.421. The Morgan fingerprint density at radius 3 is 2.17 bits per heavy atom. The minimum absolute atomic E-state index is 0.312. The molecule has 12 heavy (non-hydrogen) atoms. The molecule has 1 unspecified atom stereocenters. The van der Waals surface area contributed by atoms with Gasteiger partial charge in [-0.2, -0.15) is 0 Å². The predicted octanol–water partition coefficient (Wildman–Crippen LogP) is -0.455. The van der Waals surface area contributed by atoms with Gasteiger partial charge >= 0.3 is 5.97 Å². The summed E-state index contributed by atoms with van der Waals surface area (Å²) in [6, 6.07) is -1.23. The zero-order valence-corrected chi connectivity index (χ0v) is 7.08. The minimum Gasteiger partial charge on any atom is -0.480 e. The first-order valence-electron chi connectivity index (χ1n) is 3.74. The highest BCUT2D eigenvalue weighted by Gasteiger charge is 2.13. The highest BCUT2D eigenvalue weighted by atomic mass is 16.4. The molecule has 0 aliphatic heterocycles. The number of rotatable bonds is 5. The van der Waals surface area contributed by atoms with Gasteiger partial charge in [-0.25, -0.2) is 0 Å². The zero-order valence-electron chi connectivity index (χ0n) is 7.08. The summed E-state index contributed by atoms with van der Waals surface area (Å²) in [6.07, 6.45) is 0.759. The van der Waals surface area contributed by atoms with E-state index in [4.69, 9.17) is 22.0 Å². The fourth-order valence-electron chi connectivity index (χ4n) is 0.699. The smallest absolute Gasteiger partial charge is 0.320 e. The number of aliphatic carboxylic acids is 1. The molecule has 0 aromatic heterocycles. The number of carbonyl (C=O) groups is 1. The number of hydrogen-bond donors (Lipinski definition) is 4. The fraction of sp³-hybridized carbons (Fsp3) is 0.714. The summed E-state index contributed by atoms with van der Waals surface area (Å²) in [5, 5.41) is 15.6. The number of nitrogens with one attached hydrogen (secondary N) is 1. The van der Waals surface area contributed by atoms with E-state index in [1.807, 2.05) is 0 Å². The summed E-state index contributed by atoms with van der Waals surface area (Å²) < 4.78 is 0. The van der Waals surface area contributed by atoms with E-state index in [1.54, 1.807) is 6.92 Å². The summed E-state index contributed by atoms with van der Waals surface area (Å²) in [5.41, 5.74) is 11.1. The molecule has 0 radical (unpaired) electrons. The predicted molar refractivity (Wildman–Crippen MR) is 46.2 cm³/mol. The van der Waals surface area contributed by atoms with Crippen LogP contribution in [0.1, 0.15) is 19.8 Å². The first-order chi connectivity index (χ1) is 5.45. The fourth-order valence-corrected chi connectivity index (χ4v) is 0.699. The molecule has 0 fully saturated rings. The molecule has 2 atom stereocenters. The summed E-state index contributed by atoms with van der Waals surface area (Å²) >= 11 is 0. The molecule has 0 aliphatic rings. The van der Waals surface area contributed by atoms with Crippen LogP contribution in [-0.4, -0.2) is 28.9 Å². The van der Waals surface area contributed by atoms with Crippen LogP contribution in [0.15, 0.2) is 0 Å². The van der Waals surface area contributed by atoms with Gasteiger partial charge in [-0.15, -0.1) is 0 Å². The standard InChI is InChI=1S/C7H15N3O2/c1-4(8)5(9)2-3-6(10)7(11)12/h5-6,8H,2-3,9-10H2,1H3,(H,11,12)/t5?,6-/m0/s1. The van der Waals surface area contributed by atoms with Gasteiger partial charge in [0.2, 0.25) is 0 Å². The van der Waals surface area contributed by atoms with Crippen LogP contribution in [0, 0.1) is 5.41 Å². The molecule has 0 bridgehead atoms. The van der Waals surface area contributed by atoms with Gasteiger partial charge in [0.05, 0.1) is 0 Å². The Morgan fingerprint density at radius 2 is 1.83 bits per heavy atom. The van der Waals surface area contributed by atoms with Crippen LogP contribution in [0.5, 0.6) is 0 Å². The molecule has 6 N–H and O–H groups in total. The van der Waals surface area contributed by atoms with Crippen molar-refractivity contribution in [1.82, 2.24) is 0 Å². The second-order valence-corrected chi connectivity index (χ2v) is 2.81. The van der Waals surface area contributed by atoms with E-state index in [0.717, 1.165) is 0 Å². The third kappa shape index (κ3) is 4.05. The van der Waals surface area contributed by atoms with Gasteiger partial charge in [-0.1, -0.05) is 0 Å². The second kappa shape index (κ2) is 4.84. The Morgan fingerprint density at radius 1 is 1.42 bits per heavy atom. The van der Waals surface area contributed by atoms with Gasteiger partial charge in [-0.05, 0) is 19.8 Å². The van der Waals surface area contributed by atoms with Crippen molar-refractivity contribution in [2.75, 3.05) is 0 Å². The molecule has 0 rings (SSSR count). The normalized spacial score (nSPS) is 15.2. The number of carboxylic acids is 1. The van der Waals surface area contributed by atoms with E-state index in [-0.39, 0.29) is 6.04 Å². The zero-order chi connectivity index (χ0) is 9.72. The first-order valence-corrected chi connectivity index (χ1v) is 3.74. The van der Waals surface area contributed by atoms with E-state index in [9.17, 15) is 4.79 Å². The summed E-state index contributed by atoms with van der Waals surface area (Å²) in [6.45, 7) is 1.59. The van der Waals surface area contributed by atoms with Gasteiger partial charge in [0.25, 0.3) is 0 Å². The monoisotopic (exact) mass is 173 g/mol. The highest BCUT2D eigenvalue weighted by Crippen LogP contribution is 1.99. The maximum absolute atomic E-state index is 10.3. The van der Waals surface area contributed by atoms with E-state index in [1.165, 1.54) is 0 Å². The topological polar surface area (TPSA) is 113 Å². The van der Waals surface area contributed by atoms with Crippen LogP contribution in [-0.2, 0) is 4.79 Å². The van der Waals surface area contributed by atoms with Crippen LogP contribution in [0.4, 0.5) is 0 Å². The van der Waals surface area contributed by atoms with Crippen molar-refractivity contribution in [2.45, 2.75) is 31.8 Å². The lowest BCUT2D eigenvalue weighted by atomic mass is 10.0. The summed E-state index contributed by atoms with van der Waals surface area (Å²) in [7, 11) is 0. The molecule has 0 spiro atoms. The van der Waals surface area contributed by atoms with Crippen molar-refractivity contribution in [3.8, 4) is 0 Å². The summed E-state index contributed by atoms with van der Waals surface area (Å²) in [5.74, 6) is -1.02. The van der Waals surface area contributed by atoms with E-state index >= 15 is 0 Å². The Hall–Kier alpha value is -0.940. The molecule has 0 aromatic carbocycles. The Kier molecular flexibility index (Phi) is 4.46. The van der Waals surface area contributed by atoms with Crippen molar-refractivity contribution in [3.05, 3.63) is 0 Å². The molecule has 0 amide bonds. The van der Waals surface area contributed by atoms with Crippen LogP contribution >= 0.6 is 0 Å². The SMILES string of the molecule is CC(=N)C(N)CC[C@H](N)C(=O)O. The molecule has 0 saturated carbocycles. The van der Waals surface area contributed by atoms with Gasteiger partial charge in [0.1, 0.15) is 6.04 Å². The molecule has 0 aliphatic carbocycles. The average molecular weight is 173 g/mol. The van der Waals surface area contributed by atoms with E-state index < -0.39 is 12.0 Å². The molecule has 5 nitrogen and oxygen atoms in total. The maximum Gasteiger partial charge on any atom is 0.320 e. The van der Waals surface area contributed by atoms with E-state index in [0.29, 0.717) is 18.6 Å². The van der Waals surface area contributed by atoms with Crippen molar-refractivity contribution in [1.29, 1.82) is 5.41 Å². The van der Waals surface area contributed by atoms with Crippen LogP contribution in [0.2, 0.25) is 0 Å². The second-order valence-electron chi connectivity index (χ2n) is 2.81. The number of carboxylic acid groups (broad SMARTS) is 1. The Balaban J connectivity index is 3.68. The number of nitrogens with two attached hydrogens (primary N) is 2. The van der Waals surface area contributed by atoms with E-state index in [2.05, 4.69) is 0 Å². The first kappa shape index (κ1) is 11.1. The van der Waals surface area contributed by atoms with Crippen molar-refractivity contribution in [3.63, 3.8) is 0 Å². The summed E-state index contributed by atoms with van der Waals surface area (Å²) in [4.78, 5) is 10.3. The van der Waals surface area contributed by atoms with Gasteiger partial charge in [0, 0.05) is 11.8 Å². The molecule has 70 valence electrons. The lowest BCUT2D eigenvalue weighted by Crippen LogP contribution is -2.34. The average Bonchev–Trinajstić information content (AvgIpc) is 1.98. The van der Waals surface area contributed by atoms with Crippen LogP contribution in [0.3, 0.4) is 0 Å². The van der Waals surface area contributed by atoms with Crippen molar-refractivity contribution >= 4 is 11.7 Å². The lowest BCUT2D eigenvalue weighted by Gasteiger charge is -2.11. The maximum atomic E-state index is 10.3. The third-order valence-corrected chi connectivity index (χ3v) is 1.66. The third-order valence-electron chi connectivity index (χ3n) is 1.66. The molecule has 5 heteroatoms. The van der Waals surface area contributed by atoms with Crippen molar-refractivity contribution < 1.29 is 9.90 Å². The van der Waals surface area contributed by atoms with Gasteiger partial charge in [-0.3, -0.25) is 4.79 Å². The molecular weight excluding hydrogens is 158 g/mol. The van der Waals surface area contributed by atoms with Crippen LogP contribution < -0.4 is 11.5 Å². The van der Waals surface area contributed by atoms with Gasteiger partial charge in [0.15, 0.2) is 0 Å². The molecule has 0 heterocycles. The van der Waals surface area contributed by atoms with Crippen molar-refractivity contribution in [2.24, 2.45) is 11.5 Å². The molecule has 0 aromatic rings. The number of hydrogen-bond acceptors (Lipinski definition) is 4.